The minimum absolute atomic E-state index is 0.00314. The molecule has 0 fully saturated rings. The quantitative estimate of drug-likeness (QED) is 0.260. The third-order valence-electron chi connectivity index (χ3n) is 6.93. The van der Waals surface area contributed by atoms with E-state index < -0.39 is 0 Å². The van der Waals surface area contributed by atoms with Gasteiger partial charge >= 0.3 is 0 Å². The maximum absolute atomic E-state index is 15.0. The van der Waals surface area contributed by atoms with Gasteiger partial charge < -0.3 is 4.74 Å². The second-order valence-electron chi connectivity index (χ2n) is 9.61. The lowest BCUT2D eigenvalue weighted by atomic mass is 9.58. The molecule has 29 heavy (non-hydrogen) atoms. The van der Waals surface area contributed by atoms with E-state index in [0.29, 0.717) is 29.1 Å². The van der Waals surface area contributed by atoms with Crippen LogP contribution in [0.2, 0.25) is 0 Å². The van der Waals surface area contributed by atoms with Crippen LogP contribution in [0.1, 0.15) is 99.0 Å². The Balaban J connectivity index is 3.18. The van der Waals surface area contributed by atoms with Crippen molar-refractivity contribution in [2.24, 2.45) is 23.2 Å². The van der Waals surface area contributed by atoms with Gasteiger partial charge in [0.25, 0.3) is 0 Å². The van der Waals surface area contributed by atoms with E-state index in [1.165, 1.54) is 32.1 Å². The number of unbranched alkanes of at least 4 members (excludes halogenated alkanes) is 5. The van der Waals surface area contributed by atoms with Gasteiger partial charge in [0, 0.05) is 15.5 Å². The van der Waals surface area contributed by atoms with E-state index in [4.69, 9.17) is 4.74 Å². The van der Waals surface area contributed by atoms with Crippen LogP contribution in [-0.4, -0.2) is 6.10 Å². The monoisotopic (exact) mass is 470 g/mol. The summed E-state index contributed by atoms with van der Waals surface area (Å²) in [5, 5.41) is 0. The Morgan fingerprint density at radius 3 is 1.93 bits per heavy atom. The summed E-state index contributed by atoms with van der Waals surface area (Å²) in [4.78, 5) is 0. The first kappa shape index (κ1) is 26.5. The molecule has 0 heterocycles. The van der Waals surface area contributed by atoms with Gasteiger partial charge in [-0.25, -0.2) is 4.39 Å². The molecule has 168 valence electrons. The van der Waals surface area contributed by atoms with E-state index in [2.05, 4.69) is 64.4 Å². The van der Waals surface area contributed by atoms with Gasteiger partial charge in [-0.1, -0.05) is 96.5 Å². The first-order valence-electron chi connectivity index (χ1n) is 11.7. The van der Waals surface area contributed by atoms with E-state index in [-0.39, 0.29) is 17.3 Å². The van der Waals surface area contributed by atoms with Crippen molar-refractivity contribution in [3.05, 3.63) is 28.0 Å². The summed E-state index contributed by atoms with van der Waals surface area (Å²) in [6.07, 6.45) is 8.53. The van der Waals surface area contributed by atoms with Crippen LogP contribution in [0.3, 0.4) is 0 Å². The number of ether oxygens (including phenoxy) is 1. The number of rotatable bonds is 13. The van der Waals surface area contributed by atoms with Crippen LogP contribution >= 0.6 is 15.9 Å². The Morgan fingerprint density at radius 2 is 1.41 bits per heavy atom. The molecular weight excluding hydrogens is 427 g/mol. The molecule has 3 heteroatoms. The second kappa shape index (κ2) is 12.3. The van der Waals surface area contributed by atoms with Crippen molar-refractivity contribution in [3.63, 3.8) is 0 Å². The van der Waals surface area contributed by atoms with Crippen molar-refractivity contribution in [2.75, 3.05) is 0 Å². The predicted octanol–water partition coefficient (Wildman–Crippen LogP) is 9.35. The van der Waals surface area contributed by atoms with Crippen molar-refractivity contribution in [3.8, 4) is 5.75 Å². The van der Waals surface area contributed by atoms with Gasteiger partial charge in [0.2, 0.25) is 0 Å². The zero-order valence-electron chi connectivity index (χ0n) is 20.1. The summed E-state index contributed by atoms with van der Waals surface area (Å²) < 4.78 is 22.3. The van der Waals surface area contributed by atoms with Crippen molar-refractivity contribution >= 4 is 15.9 Å². The first-order chi connectivity index (χ1) is 13.6. The molecule has 0 radical (unpaired) electrons. The van der Waals surface area contributed by atoms with Gasteiger partial charge in [0.05, 0.1) is 0 Å². The van der Waals surface area contributed by atoms with Crippen LogP contribution in [0, 0.1) is 35.9 Å². The summed E-state index contributed by atoms with van der Waals surface area (Å²) in [5.74, 6) is 1.51. The highest BCUT2D eigenvalue weighted by Crippen LogP contribution is 2.49. The molecular formula is C26H44BrFO. The number of halogens is 2. The Bertz CT molecular complexity index is 587. The summed E-state index contributed by atoms with van der Waals surface area (Å²) in [6.45, 7) is 17.9. The lowest BCUT2D eigenvalue weighted by molar-refractivity contribution is -0.0726. The van der Waals surface area contributed by atoms with Gasteiger partial charge in [-0.2, -0.15) is 0 Å². The maximum Gasteiger partial charge on any atom is 0.169 e. The molecule has 0 N–H and O–H groups in total. The van der Waals surface area contributed by atoms with Gasteiger partial charge in [0.15, 0.2) is 11.6 Å². The van der Waals surface area contributed by atoms with Crippen molar-refractivity contribution < 1.29 is 9.13 Å². The molecule has 1 unspecified atom stereocenters. The highest BCUT2D eigenvalue weighted by Gasteiger charge is 2.48. The minimum Gasteiger partial charge on any atom is -0.487 e. The van der Waals surface area contributed by atoms with Crippen LogP contribution in [0.4, 0.5) is 4.39 Å². The molecule has 0 aliphatic carbocycles. The Labute approximate surface area is 188 Å². The smallest absolute Gasteiger partial charge is 0.169 e. The van der Waals surface area contributed by atoms with E-state index in [1.807, 2.05) is 6.07 Å². The number of hydrogen-bond acceptors (Lipinski definition) is 1. The fourth-order valence-corrected chi connectivity index (χ4v) is 5.82. The lowest BCUT2D eigenvalue weighted by Gasteiger charge is -2.50. The fraction of sp³-hybridized carbons (Fsp3) is 0.769. The number of benzene rings is 1. The van der Waals surface area contributed by atoms with Crippen LogP contribution in [0.5, 0.6) is 5.75 Å². The largest absolute Gasteiger partial charge is 0.487 e. The standard InChI is InChI=1S/C26H44BrFO/c1-9-10-11-12-13-14-15-24(26(18(2)3,19(4)5)20(6)7)29-23-17-16-22(27)21(8)25(23)28/h16-20,24H,9-15H2,1-8H3. The molecule has 1 rings (SSSR count). The summed E-state index contributed by atoms with van der Waals surface area (Å²) in [6, 6.07) is 3.68. The Hall–Kier alpha value is -0.570. The van der Waals surface area contributed by atoms with Gasteiger partial charge in [-0.05, 0) is 49.7 Å². The van der Waals surface area contributed by atoms with Gasteiger partial charge in [-0.3, -0.25) is 0 Å². The predicted molar refractivity (Wildman–Crippen MR) is 128 cm³/mol. The van der Waals surface area contributed by atoms with E-state index in [9.17, 15) is 4.39 Å². The molecule has 0 saturated carbocycles. The zero-order valence-corrected chi connectivity index (χ0v) is 21.7. The summed E-state index contributed by atoms with van der Waals surface area (Å²) in [7, 11) is 0. The van der Waals surface area contributed by atoms with Crippen LogP contribution in [-0.2, 0) is 0 Å². The molecule has 1 atom stereocenters. The highest BCUT2D eigenvalue weighted by atomic mass is 79.9. The van der Waals surface area contributed by atoms with Crippen LogP contribution in [0.15, 0.2) is 16.6 Å². The minimum atomic E-state index is -0.238. The average Bonchev–Trinajstić information content (AvgIpc) is 2.64. The molecule has 1 aromatic carbocycles. The van der Waals surface area contributed by atoms with Gasteiger partial charge in [-0.15, -0.1) is 0 Å². The van der Waals surface area contributed by atoms with Crippen molar-refractivity contribution in [1.29, 1.82) is 0 Å². The van der Waals surface area contributed by atoms with E-state index >= 15 is 0 Å². The molecule has 1 aromatic rings. The summed E-state index contributed by atoms with van der Waals surface area (Å²) >= 11 is 3.43. The number of hydrogen-bond donors (Lipinski definition) is 0. The molecule has 0 spiro atoms. The van der Waals surface area contributed by atoms with Crippen molar-refractivity contribution in [2.45, 2.75) is 106 Å². The molecule has 0 aliphatic heterocycles. The average molecular weight is 472 g/mol. The third kappa shape index (κ3) is 6.45. The second-order valence-corrected chi connectivity index (χ2v) is 10.5. The van der Waals surface area contributed by atoms with Crippen LogP contribution in [0.25, 0.3) is 0 Å². The molecule has 0 aromatic heterocycles. The highest BCUT2D eigenvalue weighted by molar-refractivity contribution is 9.10. The normalized spacial score (nSPS) is 13.6. The fourth-order valence-electron chi connectivity index (χ4n) is 5.52. The zero-order chi connectivity index (χ0) is 22.2. The van der Waals surface area contributed by atoms with Crippen molar-refractivity contribution in [1.82, 2.24) is 0 Å². The molecule has 0 amide bonds. The van der Waals surface area contributed by atoms with E-state index in [1.54, 1.807) is 13.0 Å². The maximum atomic E-state index is 15.0. The third-order valence-corrected chi connectivity index (χ3v) is 7.79. The molecule has 0 aliphatic rings. The van der Waals surface area contributed by atoms with E-state index in [0.717, 1.165) is 17.3 Å². The lowest BCUT2D eigenvalue weighted by Crippen LogP contribution is -2.51. The Kier molecular flexibility index (Phi) is 11.2. The molecule has 1 nitrogen and oxygen atoms in total. The molecule has 0 bridgehead atoms. The first-order valence-corrected chi connectivity index (χ1v) is 12.5. The SMILES string of the molecule is CCCCCCCCC(Oc1ccc(Br)c(C)c1F)C(C(C)C)(C(C)C)C(C)C. The van der Waals surface area contributed by atoms with Crippen LogP contribution < -0.4 is 4.74 Å². The Morgan fingerprint density at radius 1 is 0.897 bits per heavy atom. The molecule has 0 saturated heterocycles. The summed E-state index contributed by atoms with van der Waals surface area (Å²) in [5.41, 5.74) is 0.613. The topological polar surface area (TPSA) is 9.23 Å². The van der Waals surface area contributed by atoms with Gasteiger partial charge in [0.1, 0.15) is 6.10 Å².